The second-order valence-corrected chi connectivity index (χ2v) is 6.76. The van der Waals surface area contributed by atoms with Crippen LogP contribution in [0.15, 0.2) is 65.6 Å². The molecule has 1 amide bonds. The van der Waals surface area contributed by atoms with Crippen LogP contribution < -0.4 is 10.9 Å². The molecule has 1 N–H and O–H groups in total. The minimum Gasteiger partial charge on any atom is -0.322 e. The quantitative estimate of drug-likeness (QED) is 0.702. The molecule has 2 aromatic carbocycles. The number of aromatic nitrogens is 1. The summed E-state index contributed by atoms with van der Waals surface area (Å²) in [7, 11) is 0. The van der Waals surface area contributed by atoms with Crippen molar-refractivity contribution in [2.24, 2.45) is 0 Å². The number of aryl methyl sites for hydroxylation is 1. The van der Waals surface area contributed by atoms with Crippen LogP contribution >= 0.6 is 23.2 Å². The molecule has 0 fully saturated rings. The van der Waals surface area contributed by atoms with Gasteiger partial charge in [0.2, 0.25) is 0 Å². The van der Waals surface area contributed by atoms with E-state index in [1.165, 1.54) is 10.6 Å². The lowest BCUT2D eigenvalue weighted by molar-refractivity contribution is 0.102. The maximum Gasteiger partial charge on any atom is 0.263 e. The van der Waals surface area contributed by atoms with Crippen molar-refractivity contribution in [2.45, 2.75) is 13.5 Å². The van der Waals surface area contributed by atoms with E-state index in [4.69, 9.17) is 23.2 Å². The highest BCUT2D eigenvalue weighted by molar-refractivity contribution is 6.35. The molecule has 0 aliphatic rings. The van der Waals surface area contributed by atoms with Gasteiger partial charge in [0.1, 0.15) is 5.56 Å². The number of halogens is 2. The van der Waals surface area contributed by atoms with Gasteiger partial charge in [0.15, 0.2) is 0 Å². The van der Waals surface area contributed by atoms with E-state index in [1.54, 1.807) is 36.5 Å². The Bertz CT molecular complexity index is 1030. The monoisotopic (exact) mass is 386 g/mol. The zero-order valence-electron chi connectivity index (χ0n) is 14.0. The maximum absolute atomic E-state index is 12.7. The van der Waals surface area contributed by atoms with E-state index in [9.17, 15) is 9.59 Å². The molecule has 1 aromatic heterocycles. The Balaban J connectivity index is 1.87. The Labute approximate surface area is 161 Å². The van der Waals surface area contributed by atoms with Crippen molar-refractivity contribution in [2.75, 3.05) is 5.32 Å². The second kappa shape index (κ2) is 7.77. The predicted octanol–water partition coefficient (Wildman–Crippen LogP) is 4.76. The van der Waals surface area contributed by atoms with Crippen LogP contribution in [0, 0.1) is 6.92 Å². The molecule has 0 aliphatic carbocycles. The summed E-state index contributed by atoms with van der Waals surface area (Å²) in [6, 6.07) is 15.7. The van der Waals surface area contributed by atoms with Gasteiger partial charge < -0.3 is 9.88 Å². The Morgan fingerprint density at radius 2 is 1.88 bits per heavy atom. The summed E-state index contributed by atoms with van der Waals surface area (Å²) in [6.45, 7) is 2.18. The van der Waals surface area contributed by atoms with Gasteiger partial charge in [-0.25, -0.2) is 0 Å². The summed E-state index contributed by atoms with van der Waals surface area (Å²) in [5.41, 5.74) is 2.09. The molecule has 0 spiro atoms. The molecule has 0 unspecified atom stereocenters. The smallest absolute Gasteiger partial charge is 0.263 e. The summed E-state index contributed by atoms with van der Waals surface area (Å²) < 4.78 is 1.44. The summed E-state index contributed by atoms with van der Waals surface area (Å²) in [5.74, 6) is -0.447. The summed E-state index contributed by atoms with van der Waals surface area (Å²) in [5, 5.41) is 3.75. The first-order valence-corrected chi connectivity index (χ1v) is 8.71. The van der Waals surface area contributed by atoms with Crippen molar-refractivity contribution in [1.29, 1.82) is 0 Å². The maximum atomic E-state index is 12.7. The summed E-state index contributed by atoms with van der Waals surface area (Å²) >= 11 is 12.1. The van der Waals surface area contributed by atoms with E-state index in [0.29, 0.717) is 15.7 Å². The first-order chi connectivity index (χ1) is 12.4. The molecule has 0 saturated carbocycles. The number of benzene rings is 2. The topological polar surface area (TPSA) is 51.1 Å². The Morgan fingerprint density at radius 1 is 1.08 bits per heavy atom. The lowest BCUT2D eigenvalue weighted by Gasteiger charge is -2.10. The van der Waals surface area contributed by atoms with Crippen LogP contribution in [0.25, 0.3) is 0 Å². The molecule has 3 rings (SSSR count). The van der Waals surface area contributed by atoms with Crippen LogP contribution in [0.4, 0.5) is 5.69 Å². The van der Waals surface area contributed by atoms with Gasteiger partial charge in [0, 0.05) is 21.9 Å². The number of carbonyl (C=O) groups is 1. The van der Waals surface area contributed by atoms with Gasteiger partial charge in [0.05, 0.1) is 6.54 Å². The fourth-order valence-corrected chi connectivity index (χ4v) is 3.06. The highest BCUT2D eigenvalue weighted by Gasteiger charge is 2.13. The van der Waals surface area contributed by atoms with Gasteiger partial charge >= 0.3 is 0 Å². The van der Waals surface area contributed by atoms with Crippen molar-refractivity contribution in [3.05, 3.63) is 97.9 Å². The molecule has 0 atom stereocenters. The Morgan fingerprint density at radius 3 is 2.62 bits per heavy atom. The number of amides is 1. The number of pyridine rings is 1. The molecular weight excluding hydrogens is 371 g/mol. The third-order valence-corrected chi connectivity index (χ3v) is 4.48. The average molecular weight is 387 g/mol. The minimum absolute atomic E-state index is 0.0686. The third kappa shape index (κ3) is 4.15. The van der Waals surface area contributed by atoms with Crippen LogP contribution in [0.1, 0.15) is 21.5 Å². The largest absolute Gasteiger partial charge is 0.322 e. The number of carbonyl (C=O) groups excluding carboxylic acids is 1. The van der Waals surface area contributed by atoms with Gasteiger partial charge in [-0.2, -0.15) is 0 Å². The fourth-order valence-electron chi connectivity index (χ4n) is 2.59. The van der Waals surface area contributed by atoms with E-state index in [1.807, 2.05) is 25.1 Å². The molecule has 26 heavy (non-hydrogen) atoms. The van der Waals surface area contributed by atoms with Gasteiger partial charge in [0.25, 0.3) is 11.5 Å². The van der Waals surface area contributed by atoms with Gasteiger partial charge in [-0.3, -0.25) is 9.59 Å². The van der Waals surface area contributed by atoms with Gasteiger partial charge in [-0.05, 0) is 54.4 Å². The van der Waals surface area contributed by atoms with E-state index >= 15 is 0 Å². The van der Waals surface area contributed by atoms with Crippen LogP contribution in [0.2, 0.25) is 10.0 Å². The van der Waals surface area contributed by atoms with Crippen molar-refractivity contribution in [3.8, 4) is 0 Å². The molecule has 0 radical (unpaired) electrons. The van der Waals surface area contributed by atoms with Crippen LogP contribution in [0.5, 0.6) is 0 Å². The van der Waals surface area contributed by atoms with Crippen LogP contribution in [-0.4, -0.2) is 10.5 Å². The minimum atomic E-state index is -0.447. The number of rotatable bonds is 4. The normalized spacial score (nSPS) is 10.6. The summed E-state index contributed by atoms with van der Waals surface area (Å²) in [4.78, 5) is 25.2. The zero-order valence-corrected chi connectivity index (χ0v) is 15.5. The summed E-state index contributed by atoms with van der Waals surface area (Å²) in [6.07, 6.45) is 1.62. The molecule has 0 aliphatic heterocycles. The Kier molecular flexibility index (Phi) is 5.45. The lowest BCUT2D eigenvalue weighted by Crippen LogP contribution is -2.29. The van der Waals surface area contributed by atoms with Crippen molar-refractivity contribution >= 4 is 34.8 Å². The van der Waals surface area contributed by atoms with Crippen LogP contribution in [0.3, 0.4) is 0 Å². The zero-order chi connectivity index (χ0) is 18.7. The number of anilines is 1. The number of nitrogens with zero attached hydrogens (tertiary/aromatic N) is 1. The van der Waals surface area contributed by atoms with E-state index in [-0.39, 0.29) is 17.7 Å². The average Bonchev–Trinajstić information content (AvgIpc) is 2.59. The SMILES string of the molecule is Cc1cccc(NC(=O)c2cccn(Cc3ccc(Cl)cc3Cl)c2=O)c1. The molecule has 6 heteroatoms. The number of nitrogens with one attached hydrogen (secondary N) is 1. The Hall–Kier alpha value is -2.56. The van der Waals surface area contributed by atoms with E-state index in [2.05, 4.69) is 5.32 Å². The van der Waals surface area contributed by atoms with Crippen molar-refractivity contribution < 1.29 is 4.79 Å². The first kappa shape index (κ1) is 18.2. The van der Waals surface area contributed by atoms with Gasteiger partial charge in [-0.15, -0.1) is 0 Å². The number of hydrogen-bond donors (Lipinski definition) is 1. The second-order valence-electron chi connectivity index (χ2n) is 5.91. The highest BCUT2D eigenvalue weighted by Crippen LogP contribution is 2.21. The third-order valence-electron chi connectivity index (χ3n) is 3.90. The van der Waals surface area contributed by atoms with Crippen molar-refractivity contribution in [1.82, 2.24) is 4.57 Å². The molecule has 4 nitrogen and oxygen atoms in total. The first-order valence-electron chi connectivity index (χ1n) is 7.95. The highest BCUT2D eigenvalue weighted by atomic mass is 35.5. The predicted molar refractivity (Wildman–Crippen MR) is 105 cm³/mol. The van der Waals surface area contributed by atoms with E-state index in [0.717, 1.165) is 11.1 Å². The van der Waals surface area contributed by atoms with E-state index < -0.39 is 5.91 Å². The molecule has 132 valence electrons. The molecule has 0 bridgehead atoms. The fraction of sp³-hybridized carbons (Fsp3) is 0.100. The van der Waals surface area contributed by atoms with Crippen molar-refractivity contribution in [3.63, 3.8) is 0 Å². The van der Waals surface area contributed by atoms with Crippen LogP contribution in [-0.2, 0) is 6.54 Å². The standard InChI is InChI=1S/C20H16Cl2N2O2/c1-13-4-2-5-16(10-13)23-19(25)17-6-3-9-24(20(17)26)12-14-7-8-15(21)11-18(14)22/h2-11H,12H2,1H3,(H,23,25). The number of hydrogen-bond acceptors (Lipinski definition) is 2. The molecule has 0 saturated heterocycles. The molecular formula is C20H16Cl2N2O2. The van der Waals surface area contributed by atoms with Gasteiger partial charge in [-0.1, -0.05) is 41.4 Å². The molecule has 1 heterocycles. The lowest BCUT2D eigenvalue weighted by atomic mass is 10.2. The molecule has 3 aromatic rings.